The van der Waals surface area contributed by atoms with Crippen molar-refractivity contribution >= 4 is 54.9 Å². The number of hydrogen-bond donors (Lipinski definition) is 2. The van der Waals surface area contributed by atoms with Crippen molar-refractivity contribution in [3.63, 3.8) is 0 Å². The second-order valence-corrected chi connectivity index (χ2v) is 12.4. The van der Waals surface area contributed by atoms with E-state index in [1.807, 2.05) is 28.8 Å². The molecule has 214 valence electrons. The Balaban J connectivity index is 1.52. The molecular weight excluding hydrogens is 590 g/mol. The van der Waals surface area contributed by atoms with Gasteiger partial charge in [-0.1, -0.05) is 23.2 Å². The molecular formula is C27H26Cl2F3N3O4S. The Bertz CT molecular complexity index is 1590. The molecule has 0 bridgehead atoms. The molecule has 2 N–H and O–H groups in total. The molecule has 0 amide bonds. The molecule has 1 saturated heterocycles. The predicted molar refractivity (Wildman–Crippen MR) is 149 cm³/mol. The predicted octanol–water partition coefficient (Wildman–Crippen LogP) is 6.74. The maximum Gasteiger partial charge on any atom is 0.573 e. The molecule has 1 aliphatic rings. The van der Waals surface area contributed by atoms with Gasteiger partial charge in [-0.3, -0.25) is 0 Å². The number of nitrogens with zero attached hydrogens (tertiary/aromatic N) is 2. The molecule has 0 spiro atoms. The van der Waals surface area contributed by atoms with Crippen molar-refractivity contribution in [1.82, 2.24) is 9.29 Å². The number of aliphatic hydroxyl groups excluding tert-OH is 1. The Morgan fingerprint density at radius 3 is 2.12 bits per heavy atom. The summed E-state index contributed by atoms with van der Waals surface area (Å²) < 4.78 is 70.5. The van der Waals surface area contributed by atoms with E-state index in [9.17, 15) is 22.5 Å². The first kappa shape index (κ1) is 29.0. The van der Waals surface area contributed by atoms with Gasteiger partial charge in [0.05, 0.1) is 23.1 Å². The summed E-state index contributed by atoms with van der Waals surface area (Å²) in [5.74, 6) is -0.444. The molecule has 40 heavy (non-hydrogen) atoms. The van der Waals surface area contributed by atoms with E-state index in [4.69, 9.17) is 27.9 Å². The van der Waals surface area contributed by atoms with Gasteiger partial charge in [-0.15, -0.1) is 13.2 Å². The van der Waals surface area contributed by atoms with Crippen LogP contribution in [0.2, 0.25) is 10.0 Å². The first-order valence-corrected chi connectivity index (χ1v) is 14.7. The van der Waals surface area contributed by atoms with Gasteiger partial charge in [0, 0.05) is 52.1 Å². The first-order valence-electron chi connectivity index (χ1n) is 12.4. The average Bonchev–Trinajstić information content (AvgIpc) is 3.20. The van der Waals surface area contributed by atoms with E-state index < -0.39 is 40.2 Å². The second kappa shape index (κ2) is 11.4. The van der Waals surface area contributed by atoms with Gasteiger partial charge in [0.1, 0.15) is 15.7 Å². The van der Waals surface area contributed by atoms with Crippen LogP contribution in [0.3, 0.4) is 0 Å². The fourth-order valence-electron chi connectivity index (χ4n) is 5.15. The van der Waals surface area contributed by atoms with Gasteiger partial charge in [0.15, 0.2) is 0 Å². The van der Waals surface area contributed by atoms with Gasteiger partial charge in [0.25, 0.3) is 0 Å². The molecule has 5 rings (SSSR count). The summed E-state index contributed by atoms with van der Waals surface area (Å²) in [6, 6.07) is 14.4. The maximum atomic E-state index is 13.9. The lowest BCUT2D eigenvalue weighted by Crippen LogP contribution is -2.48. The molecule has 1 aliphatic heterocycles. The minimum Gasteiger partial charge on any atom is -0.406 e. The van der Waals surface area contributed by atoms with Crippen LogP contribution in [-0.4, -0.2) is 52.7 Å². The van der Waals surface area contributed by atoms with Crippen LogP contribution in [0.15, 0.2) is 69.9 Å². The van der Waals surface area contributed by atoms with Crippen molar-refractivity contribution in [2.75, 3.05) is 20.3 Å². The topological polar surface area (TPSA) is 85.1 Å². The van der Waals surface area contributed by atoms with Crippen molar-refractivity contribution < 1.29 is 32.0 Å². The Hall–Kier alpha value is -2.54. The summed E-state index contributed by atoms with van der Waals surface area (Å²) in [7, 11) is -1.99. The highest BCUT2D eigenvalue weighted by Crippen LogP contribution is 2.38. The third-order valence-corrected chi connectivity index (χ3v) is 9.46. The number of ether oxygens (including phenoxy) is 2. The van der Waals surface area contributed by atoms with Crippen molar-refractivity contribution in [2.24, 2.45) is 4.36 Å². The van der Waals surface area contributed by atoms with Gasteiger partial charge in [-0.05, 0) is 73.5 Å². The summed E-state index contributed by atoms with van der Waals surface area (Å²) in [6.07, 6.45) is -5.12. The molecule has 0 radical (unpaired) electrons. The highest BCUT2D eigenvalue weighted by atomic mass is 35.5. The van der Waals surface area contributed by atoms with Crippen LogP contribution in [0.25, 0.3) is 21.8 Å². The van der Waals surface area contributed by atoms with E-state index in [0.717, 1.165) is 33.9 Å². The fourth-order valence-corrected chi connectivity index (χ4v) is 7.12. The van der Waals surface area contributed by atoms with Gasteiger partial charge < -0.3 is 19.1 Å². The van der Waals surface area contributed by atoms with Gasteiger partial charge >= 0.3 is 6.36 Å². The van der Waals surface area contributed by atoms with E-state index in [1.165, 1.54) is 19.2 Å². The monoisotopic (exact) mass is 615 g/mol. The summed E-state index contributed by atoms with van der Waals surface area (Å²) in [5, 5.41) is 14.7. The van der Waals surface area contributed by atoms with Crippen LogP contribution < -0.4 is 9.46 Å². The number of aliphatic hydroxyl groups is 1. The first-order chi connectivity index (χ1) is 19.0. The number of alkyl halides is 3. The van der Waals surface area contributed by atoms with E-state index in [2.05, 4.69) is 13.8 Å². The second-order valence-electron chi connectivity index (χ2n) is 9.39. The van der Waals surface area contributed by atoms with Crippen molar-refractivity contribution in [3.8, 4) is 5.75 Å². The molecule has 2 heterocycles. The SMILES string of the molecule is CN=S(=O)(N[C@@H]1CCOCC[C@@H](n2c3ccc(Cl)cc3c3cc(Cl)ccc32)[C@@H]1O)c1ccc(OC(F)(F)F)cc1. The normalized spacial score (nSPS) is 22.0. The lowest BCUT2D eigenvalue weighted by molar-refractivity contribution is -0.274. The smallest absolute Gasteiger partial charge is 0.406 e. The van der Waals surface area contributed by atoms with Crippen molar-refractivity contribution in [1.29, 1.82) is 0 Å². The minimum atomic E-state index is -4.85. The molecule has 4 aromatic rings. The Kier molecular flexibility index (Phi) is 8.24. The van der Waals surface area contributed by atoms with Gasteiger partial charge in [-0.2, -0.15) is 0 Å². The summed E-state index contributed by atoms with van der Waals surface area (Å²) in [5.41, 5.74) is 1.68. The third kappa shape index (κ3) is 5.90. The number of halogens is 5. The van der Waals surface area contributed by atoms with Crippen LogP contribution in [0, 0.1) is 0 Å². The number of fused-ring (bicyclic) bond motifs is 3. The van der Waals surface area contributed by atoms with Crippen LogP contribution >= 0.6 is 23.2 Å². The lowest BCUT2D eigenvalue weighted by atomic mass is 9.97. The molecule has 13 heteroatoms. The standard InChI is InChI=1S/C27H26Cl2F3N3O4S/c1-33-40(37,19-6-4-18(5-7-19)39-27(30,31)32)34-22-10-12-38-13-11-25(26(22)36)35-23-8-2-16(28)14-20(23)21-15-17(29)3-9-24(21)35/h2-9,14-15,22,25-26,36H,10-13H2,1H3,(H,33,34,37)/t22-,25-,26-,40?/m1/s1. The van der Waals surface area contributed by atoms with Crippen LogP contribution in [0.5, 0.6) is 5.75 Å². The largest absolute Gasteiger partial charge is 0.573 e. The highest BCUT2D eigenvalue weighted by Gasteiger charge is 2.35. The molecule has 1 aromatic heterocycles. The molecule has 1 fully saturated rings. The van der Waals surface area contributed by atoms with Crippen molar-refractivity contribution in [3.05, 3.63) is 70.7 Å². The summed E-state index contributed by atoms with van der Waals surface area (Å²) in [6.45, 7) is 0.697. The van der Waals surface area contributed by atoms with E-state index in [-0.39, 0.29) is 4.90 Å². The molecule has 0 saturated carbocycles. The Morgan fingerprint density at radius 2 is 1.57 bits per heavy atom. The molecule has 1 unspecified atom stereocenters. The Morgan fingerprint density at radius 1 is 1.00 bits per heavy atom. The summed E-state index contributed by atoms with van der Waals surface area (Å²) >= 11 is 12.6. The molecule has 0 aliphatic carbocycles. The minimum absolute atomic E-state index is 0.150. The van der Waals surface area contributed by atoms with Crippen LogP contribution in [-0.2, 0) is 14.7 Å². The lowest BCUT2D eigenvalue weighted by Gasteiger charge is -2.35. The van der Waals surface area contributed by atoms with E-state index in [0.29, 0.717) is 36.1 Å². The molecule has 4 atom stereocenters. The van der Waals surface area contributed by atoms with E-state index in [1.54, 1.807) is 12.1 Å². The average molecular weight is 616 g/mol. The van der Waals surface area contributed by atoms with Gasteiger partial charge in [-0.25, -0.2) is 13.3 Å². The summed E-state index contributed by atoms with van der Waals surface area (Å²) in [4.78, 5) is 0.150. The number of hydrogen-bond acceptors (Lipinski definition) is 5. The van der Waals surface area contributed by atoms with E-state index >= 15 is 0 Å². The Labute approximate surface area is 239 Å². The zero-order valence-corrected chi connectivity index (χ0v) is 23.5. The third-order valence-electron chi connectivity index (χ3n) is 6.94. The molecule has 7 nitrogen and oxygen atoms in total. The van der Waals surface area contributed by atoms with Crippen molar-refractivity contribution in [2.45, 2.75) is 42.3 Å². The number of benzene rings is 3. The molecule has 3 aromatic carbocycles. The van der Waals surface area contributed by atoms with Gasteiger partial charge in [0.2, 0.25) is 0 Å². The van der Waals surface area contributed by atoms with Crippen LogP contribution in [0.1, 0.15) is 18.9 Å². The maximum absolute atomic E-state index is 13.9. The number of aromatic nitrogens is 1. The number of nitrogens with one attached hydrogen (secondary N) is 1. The quantitative estimate of drug-likeness (QED) is 0.260. The highest BCUT2D eigenvalue weighted by molar-refractivity contribution is 7.91. The zero-order chi connectivity index (χ0) is 28.7. The zero-order valence-electron chi connectivity index (χ0n) is 21.2. The van der Waals surface area contributed by atoms with Crippen LogP contribution in [0.4, 0.5) is 13.2 Å². The number of rotatable bonds is 5. The fraction of sp³-hybridized carbons (Fsp3) is 0.333.